The smallest absolute Gasteiger partial charge is 0.160 e. The van der Waals surface area contributed by atoms with Crippen LogP contribution in [0.4, 0.5) is 0 Å². The van der Waals surface area contributed by atoms with Crippen molar-refractivity contribution in [1.82, 2.24) is 0 Å². The molecule has 0 heterocycles. The van der Waals surface area contributed by atoms with Gasteiger partial charge in [0.25, 0.3) is 0 Å². The van der Waals surface area contributed by atoms with Gasteiger partial charge in [-0.25, -0.2) is 0 Å². The molecule has 4 rings (SSSR count). The minimum Gasteiger partial charge on any atom is -0.295 e. The number of allylic oxidation sites excluding steroid dienone is 2. The zero-order valence-electron chi connectivity index (χ0n) is 22.2. The van der Waals surface area contributed by atoms with Crippen molar-refractivity contribution in [3.8, 4) is 0 Å². The third kappa shape index (κ3) is 3.32. The molecule has 180 valence electrons. The Hall–Kier alpha value is -0.920. The summed E-state index contributed by atoms with van der Waals surface area (Å²) in [5, 5.41) is 0. The molecule has 32 heavy (non-hydrogen) atoms. The Kier molecular flexibility index (Phi) is 5.91. The highest BCUT2D eigenvalue weighted by Crippen LogP contribution is 2.71. The second-order valence-electron chi connectivity index (χ2n) is 14.0. The Morgan fingerprint density at radius 2 is 1.56 bits per heavy atom. The first-order valence-corrected chi connectivity index (χ1v) is 13.6. The van der Waals surface area contributed by atoms with Crippen molar-refractivity contribution in [2.24, 2.45) is 45.3 Å². The van der Waals surface area contributed by atoms with Gasteiger partial charge in [-0.3, -0.25) is 9.59 Å². The summed E-state index contributed by atoms with van der Waals surface area (Å²) < 4.78 is 0. The summed E-state index contributed by atoms with van der Waals surface area (Å²) in [5.41, 5.74) is 1.77. The van der Waals surface area contributed by atoms with E-state index in [4.69, 9.17) is 0 Å². The predicted octanol–water partition coefficient (Wildman–Crippen LogP) is 7.95. The SMILES string of the molecule is CC(C)CCC[C@@H](C)[C@H]1CC[C@@]2(C)C3=C(C(=O)C[C@]12C)[C@@]1(C)CCCC(C)(C)[C@@H]1CC3=O. The molecule has 0 aromatic heterocycles. The molecular weight excluding hydrogens is 392 g/mol. The summed E-state index contributed by atoms with van der Waals surface area (Å²) in [4.78, 5) is 27.9. The average molecular weight is 441 g/mol. The molecule has 0 unspecified atom stereocenters. The van der Waals surface area contributed by atoms with E-state index in [9.17, 15) is 9.59 Å². The summed E-state index contributed by atoms with van der Waals surface area (Å²) in [7, 11) is 0. The monoisotopic (exact) mass is 440 g/mol. The van der Waals surface area contributed by atoms with E-state index >= 15 is 0 Å². The van der Waals surface area contributed by atoms with Crippen LogP contribution in [0.3, 0.4) is 0 Å². The van der Waals surface area contributed by atoms with Gasteiger partial charge in [0.05, 0.1) is 0 Å². The van der Waals surface area contributed by atoms with Crippen LogP contribution in [0, 0.1) is 45.3 Å². The number of ketones is 2. The van der Waals surface area contributed by atoms with Crippen LogP contribution in [-0.2, 0) is 9.59 Å². The quantitative estimate of drug-likeness (QED) is 0.434. The molecule has 6 atom stereocenters. The average Bonchev–Trinajstić information content (AvgIpc) is 2.93. The Morgan fingerprint density at radius 3 is 2.22 bits per heavy atom. The van der Waals surface area contributed by atoms with Crippen molar-refractivity contribution in [1.29, 1.82) is 0 Å². The van der Waals surface area contributed by atoms with Crippen LogP contribution < -0.4 is 0 Å². The van der Waals surface area contributed by atoms with Gasteiger partial charge in [-0.2, -0.15) is 0 Å². The lowest BCUT2D eigenvalue weighted by Gasteiger charge is -2.59. The van der Waals surface area contributed by atoms with E-state index in [1.165, 1.54) is 38.5 Å². The number of Topliss-reactive ketones (excluding diaryl/α,β-unsaturated/α-hetero) is 2. The number of rotatable bonds is 5. The van der Waals surface area contributed by atoms with E-state index in [0.717, 1.165) is 29.9 Å². The van der Waals surface area contributed by atoms with E-state index < -0.39 is 0 Å². The zero-order chi connectivity index (χ0) is 23.7. The van der Waals surface area contributed by atoms with E-state index in [2.05, 4.69) is 55.4 Å². The van der Waals surface area contributed by atoms with Crippen molar-refractivity contribution >= 4 is 11.6 Å². The lowest BCUT2D eigenvalue weighted by molar-refractivity contribution is -0.135. The number of carbonyl (C=O) groups excluding carboxylic acids is 2. The molecule has 0 saturated heterocycles. The fourth-order valence-electron chi connectivity index (χ4n) is 9.25. The molecule has 0 aromatic rings. The molecular formula is C30H48O2. The van der Waals surface area contributed by atoms with Crippen molar-refractivity contribution in [2.75, 3.05) is 0 Å². The van der Waals surface area contributed by atoms with Gasteiger partial charge in [0.15, 0.2) is 11.6 Å². The molecule has 0 aliphatic heterocycles. The topological polar surface area (TPSA) is 34.1 Å². The third-order valence-electron chi connectivity index (χ3n) is 11.2. The molecule has 0 amide bonds. The Balaban J connectivity index is 1.73. The number of carbonyl (C=O) groups is 2. The Morgan fingerprint density at radius 1 is 0.875 bits per heavy atom. The first-order valence-electron chi connectivity index (χ1n) is 13.6. The molecule has 0 N–H and O–H groups in total. The molecule has 0 radical (unpaired) electrons. The van der Waals surface area contributed by atoms with Gasteiger partial charge in [-0.05, 0) is 60.2 Å². The van der Waals surface area contributed by atoms with Crippen LogP contribution in [-0.4, -0.2) is 11.6 Å². The van der Waals surface area contributed by atoms with Crippen LogP contribution in [0.5, 0.6) is 0 Å². The zero-order valence-corrected chi connectivity index (χ0v) is 22.2. The second-order valence-corrected chi connectivity index (χ2v) is 14.0. The van der Waals surface area contributed by atoms with E-state index in [1.807, 2.05) is 0 Å². The van der Waals surface area contributed by atoms with E-state index in [-0.39, 0.29) is 21.7 Å². The first-order chi connectivity index (χ1) is 14.8. The summed E-state index contributed by atoms with van der Waals surface area (Å²) in [6, 6.07) is 0. The van der Waals surface area contributed by atoms with Crippen LogP contribution in [0.2, 0.25) is 0 Å². The summed E-state index contributed by atoms with van der Waals surface area (Å²) >= 11 is 0. The van der Waals surface area contributed by atoms with E-state index in [1.54, 1.807) is 0 Å². The molecule has 2 heteroatoms. The molecule has 0 bridgehead atoms. The molecule has 4 aliphatic carbocycles. The maximum Gasteiger partial charge on any atom is 0.160 e. The van der Waals surface area contributed by atoms with Crippen LogP contribution in [0.15, 0.2) is 11.1 Å². The Labute approximate surface area is 197 Å². The summed E-state index contributed by atoms with van der Waals surface area (Å²) in [5.74, 6) is 2.85. The minimum absolute atomic E-state index is 0.0802. The van der Waals surface area contributed by atoms with Gasteiger partial charge in [0, 0.05) is 34.8 Å². The van der Waals surface area contributed by atoms with Gasteiger partial charge in [-0.15, -0.1) is 0 Å². The lowest BCUT2D eigenvalue weighted by atomic mass is 9.43. The van der Waals surface area contributed by atoms with E-state index in [0.29, 0.717) is 42.2 Å². The van der Waals surface area contributed by atoms with Gasteiger partial charge in [0.1, 0.15) is 0 Å². The van der Waals surface area contributed by atoms with Gasteiger partial charge in [-0.1, -0.05) is 81.1 Å². The highest BCUT2D eigenvalue weighted by Gasteiger charge is 2.66. The summed E-state index contributed by atoms with van der Waals surface area (Å²) in [6.45, 7) is 18.8. The number of hydrogen-bond donors (Lipinski definition) is 0. The molecule has 4 aliphatic rings. The fourth-order valence-corrected chi connectivity index (χ4v) is 9.25. The van der Waals surface area contributed by atoms with Crippen molar-refractivity contribution in [3.63, 3.8) is 0 Å². The van der Waals surface area contributed by atoms with Crippen LogP contribution in [0.1, 0.15) is 120 Å². The highest BCUT2D eigenvalue weighted by atomic mass is 16.1. The van der Waals surface area contributed by atoms with Crippen molar-refractivity contribution in [2.45, 2.75) is 120 Å². The number of fused-ring (bicyclic) bond motifs is 4. The lowest BCUT2D eigenvalue weighted by Crippen LogP contribution is -2.56. The van der Waals surface area contributed by atoms with Crippen molar-refractivity contribution < 1.29 is 9.59 Å². The molecule has 2 nitrogen and oxygen atoms in total. The minimum atomic E-state index is -0.139. The van der Waals surface area contributed by atoms with Gasteiger partial charge < -0.3 is 0 Å². The first kappa shape index (κ1) is 24.2. The van der Waals surface area contributed by atoms with Crippen LogP contribution in [0.25, 0.3) is 0 Å². The second kappa shape index (κ2) is 7.81. The maximum absolute atomic E-state index is 14.0. The van der Waals surface area contributed by atoms with Gasteiger partial charge in [0.2, 0.25) is 0 Å². The maximum atomic E-state index is 14.0. The predicted molar refractivity (Wildman–Crippen MR) is 132 cm³/mol. The third-order valence-corrected chi connectivity index (χ3v) is 11.2. The highest BCUT2D eigenvalue weighted by molar-refractivity contribution is 6.11. The standard InChI is InChI=1S/C30H48O2/c1-19(2)11-9-12-20(3)21-13-16-29(7)26-22(31)17-24-27(4,5)14-10-15-28(24,6)25(26)23(32)18-30(21,29)8/h19-21,24H,9-18H2,1-8H3/t20-,21-,24+,28+,29+,30-/m1/s1. The number of hydrogen-bond acceptors (Lipinski definition) is 2. The van der Waals surface area contributed by atoms with Gasteiger partial charge >= 0.3 is 0 Å². The van der Waals surface area contributed by atoms with Crippen molar-refractivity contribution in [3.05, 3.63) is 11.1 Å². The molecule has 2 saturated carbocycles. The molecule has 0 aromatic carbocycles. The molecule has 0 spiro atoms. The fraction of sp³-hybridized carbons (Fsp3) is 0.867. The largest absolute Gasteiger partial charge is 0.295 e. The van der Waals surface area contributed by atoms with Crippen LogP contribution >= 0.6 is 0 Å². The molecule has 2 fully saturated rings. The normalized spacial score (nSPS) is 42.0. The Bertz CT molecular complexity index is 832. The summed E-state index contributed by atoms with van der Waals surface area (Å²) in [6.07, 6.45) is 10.8.